The molecule has 94 valence electrons. The van der Waals surface area contributed by atoms with Gasteiger partial charge in [-0.05, 0) is 30.5 Å². The minimum atomic E-state index is -0.983. The van der Waals surface area contributed by atoms with Crippen LogP contribution in [0.4, 0.5) is 11.4 Å². The Hall–Kier alpha value is -2.01. The minimum absolute atomic E-state index is 0.0211. The average Bonchev–Trinajstić information content (AvgIpc) is 2.85. The van der Waals surface area contributed by atoms with Crippen LogP contribution in [-0.4, -0.2) is 11.1 Å². The number of nitrogens with one attached hydrogen (secondary N) is 1. The lowest BCUT2D eigenvalue weighted by Gasteiger charge is -2.17. The molecule has 1 unspecified atom stereocenters. The van der Waals surface area contributed by atoms with Crippen LogP contribution in [0.25, 0.3) is 0 Å². The molecule has 4 nitrogen and oxygen atoms in total. The summed E-state index contributed by atoms with van der Waals surface area (Å²) in [6, 6.07) is 8.86. The fourth-order valence-corrected chi connectivity index (χ4v) is 2.47. The highest BCUT2D eigenvalue weighted by Gasteiger charge is 2.15. The Morgan fingerprint density at radius 1 is 1.39 bits per heavy atom. The van der Waals surface area contributed by atoms with Crippen LogP contribution in [0.3, 0.4) is 0 Å². The van der Waals surface area contributed by atoms with Crippen LogP contribution in [-0.2, 0) is 0 Å². The van der Waals surface area contributed by atoms with E-state index in [1.807, 2.05) is 24.4 Å². The van der Waals surface area contributed by atoms with Crippen LogP contribution in [0.2, 0.25) is 0 Å². The van der Waals surface area contributed by atoms with Gasteiger partial charge in [-0.3, -0.25) is 0 Å². The maximum Gasteiger partial charge on any atom is 0.337 e. The van der Waals surface area contributed by atoms with Crippen molar-refractivity contribution in [3.05, 3.63) is 46.2 Å². The Morgan fingerprint density at radius 3 is 2.78 bits per heavy atom. The Labute approximate surface area is 109 Å². The lowest BCUT2D eigenvalue weighted by molar-refractivity contribution is 0.0698. The third-order valence-corrected chi connectivity index (χ3v) is 3.71. The summed E-state index contributed by atoms with van der Waals surface area (Å²) in [6.45, 7) is 1.98. The van der Waals surface area contributed by atoms with Crippen molar-refractivity contribution in [3.8, 4) is 0 Å². The van der Waals surface area contributed by atoms with E-state index in [4.69, 9.17) is 10.8 Å². The zero-order valence-electron chi connectivity index (χ0n) is 9.88. The Bertz CT molecular complexity index is 552. The molecule has 0 amide bonds. The SMILES string of the molecule is CC(Nc1c(N)cccc1C(=O)O)c1cccs1. The normalized spacial score (nSPS) is 12.1. The molecule has 1 atom stereocenters. The number of rotatable bonds is 4. The van der Waals surface area contributed by atoms with Crippen LogP contribution in [0.15, 0.2) is 35.7 Å². The van der Waals surface area contributed by atoms with Gasteiger partial charge in [0.15, 0.2) is 0 Å². The molecule has 0 saturated heterocycles. The van der Waals surface area contributed by atoms with E-state index in [1.165, 1.54) is 0 Å². The van der Waals surface area contributed by atoms with E-state index >= 15 is 0 Å². The van der Waals surface area contributed by atoms with Gasteiger partial charge in [0.25, 0.3) is 0 Å². The number of aromatic carboxylic acids is 1. The monoisotopic (exact) mass is 262 g/mol. The fraction of sp³-hybridized carbons (Fsp3) is 0.154. The number of carboxylic acid groups (broad SMARTS) is 1. The second-order valence-corrected chi connectivity index (χ2v) is 4.94. The van der Waals surface area contributed by atoms with Crippen LogP contribution < -0.4 is 11.1 Å². The van der Waals surface area contributed by atoms with Crippen molar-refractivity contribution in [2.24, 2.45) is 0 Å². The summed E-state index contributed by atoms with van der Waals surface area (Å²) in [4.78, 5) is 12.3. The molecule has 2 rings (SSSR count). The number of para-hydroxylation sites is 1. The molecule has 0 aliphatic rings. The second kappa shape index (κ2) is 5.10. The predicted octanol–water partition coefficient (Wildman–Crippen LogP) is 3.20. The van der Waals surface area contributed by atoms with Crippen molar-refractivity contribution in [3.63, 3.8) is 0 Å². The summed E-state index contributed by atoms with van der Waals surface area (Å²) in [5, 5.41) is 14.3. The van der Waals surface area contributed by atoms with Crippen molar-refractivity contribution < 1.29 is 9.90 Å². The van der Waals surface area contributed by atoms with Crippen LogP contribution >= 0.6 is 11.3 Å². The van der Waals surface area contributed by atoms with E-state index in [2.05, 4.69) is 5.32 Å². The molecule has 2 aromatic rings. The molecule has 1 heterocycles. The number of hydrogen-bond acceptors (Lipinski definition) is 4. The van der Waals surface area contributed by atoms with Gasteiger partial charge in [-0.15, -0.1) is 11.3 Å². The van der Waals surface area contributed by atoms with Gasteiger partial charge < -0.3 is 16.2 Å². The average molecular weight is 262 g/mol. The van der Waals surface area contributed by atoms with Crippen molar-refractivity contribution >= 4 is 28.7 Å². The smallest absolute Gasteiger partial charge is 0.337 e. The highest BCUT2D eigenvalue weighted by molar-refractivity contribution is 7.10. The number of carbonyl (C=O) groups is 1. The van der Waals surface area contributed by atoms with Gasteiger partial charge in [0.2, 0.25) is 0 Å². The molecule has 0 aliphatic carbocycles. The standard InChI is InChI=1S/C13H14N2O2S/c1-8(11-6-3-7-18-11)15-12-9(13(16)17)4-2-5-10(12)14/h2-8,15H,14H2,1H3,(H,16,17). The number of carboxylic acids is 1. The fourth-order valence-electron chi connectivity index (χ4n) is 1.73. The van der Waals surface area contributed by atoms with Crippen molar-refractivity contribution in [2.75, 3.05) is 11.1 Å². The van der Waals surface area contributed by atoms with Gasteiger partial charge in [0.1, 0.15) is 0 Å². The van der Waals surface area contributed by atoms with Crippen LogP contribution in [0, 0.1) is 0 Å². The summed E-state index contributed by atoms with van der Waals surface area (Å²) >= 11 is 1.62. The van der Waals surface area contributed by atoms with E-state index in [1.54, 1.807) is 29.5 Å². The highest BCUT2D eigenvalue weighted by atomic mass is 32.1. The molecule has 0 saturated carbocycles. The quantitative estimate of drug-likeness (QED) is 0.740. The molecule has 4 N–H and O–H groups in total. The van der Waals surface area contributed by atoms with Crippen molar-refractivity contribution in [2.45, 2.75) is 13.0 Å². The first-order valence-corrected chi connectivity index (χ1v) is 6.39. The summed E-state index contributed by atoms with van der Waals surface area (Å²) < 4.78 is 0. The molecule has 0 radical (unpaired) electrons. The van der Waals surface area contributed by atoms with Gasteiger partial charge >= 0.3 is 5.97 Å². The third-order valence-electron chi connectivity index (χ3n) is 2.66. The number of thiophene rings is 1. The third kappa shape index (κ3) is 2.46. The largest absolute Gasteiger partial charge is 0.478 e. The van der Waals surface area contributed by atoms with E-state index in [0.29, 0.717) is 11.4 Å². The number of anilines is 2. The zero-order valence-corrected chi connectivity index (χ0v) is 10.7. The van der Waals surface area contributed by atoms with Gasteiger partial charge in [-0.1, -0.05) is 12.1 Å². The Kier molecular flexibility index (Phi) is 3.53. The lowest BCUT2D eigenvalue weighted by Crippen LogP contribution is -2.11. The van der Waals surface area contributed by atoms with Gasteiger partial charge in [0, 0.05) is 4.88 Å². The van der Waals surface area contributed by atoms with Crippen molar-refractivity contribution in [1.29, 1.82) is 0 Å². The molecule has 1 aromatic carbocycles. The molecule has 0 spiro atoms. The van der Waals surface area contributed by atoms with E-state index in [9.17, 15) is 4.79 Å². The summed E-state index contributed by atoms with van der Waals surface area (Å²) in [5.74, 6) is -0.983. The molecule has 0 bridgehead atoms. The van der Waals surface area contributed by atoms with Crippen LogP contribution in [0.1, 0.15) is 28.2 Å². The number of hydrogen-bond donors (Lipinski definition) is 3. The highest BCUT2D eigenvalue weighted by Crippen LogP contribution is 2.29. The van der Waals surface area contributed by atoms with Gasteiger partial charge in [0.05, 0.1) is 23.0 Å². The van der Waals surface area contributed by atoms with E-state index in [0.717, 1.165) is 4.88 Å². The van der Waals surface area contributed by atoms with Crippen LogP contribution in [0.5, 0.6) is 0 Å². The Balaban J connectivity index is 2.31. The molecule has 5 heteroatoms. The number of nitrogens with two attached hydrogens (primary N) is 1. The maximum absolute atomic E-state index is 11.1. The van der Waals surface area contributed by atoms with E-state index in [-0.39, 0.29) is 11.6 Å². The first-order valence-electron chi connectivity index (χ1n) is 5.51. The summed E-state index contributed by atoms with van der Waals surface area (Å²) in [5.41, 5.74) is 6.95. The first kappa shape index (κ1) is 12.4. The number of nitrogen functional groups attached to an aromatic ring is 1. The molecular weight excluding hydrogens is 248 g/mol. The van der Waals surface area contributed by atoms with E-state index < -0.39 is 5.97 Å². The summed E-state index contributed by atoms with van der Waals surface area (Å²) in [6.07, 6.45) is 0. The summed E-state index contributed by atoms with van der Waals surface area (Å²) in [7, 11) is 0. The molecular formula is C13H14N2O2S. The molecule has 0 aliphatic heterocycles. The zero-order chi connectivity index (χ0) is 13.1. The topological polar surface area (TPSA) is 75.3 Å². The predicted molar refractivity (Wildman–Crippen MR) is 74.2 cm³/mol. The molecule has 1 aromatic heterocycles. The first-order chi connectivity index (χ1) is 8.59. The molecule has 18 heavy (non-hydrogen) atoms. The minimum Gasteiger partial charge on any atom is -0.478 e. The second-order valence-electron chi connectivity index (χ2n) is 3.96. The van der Waals surface area contributed by atoms with Gasteiger partial charge in [-0.2, -0.15) is 0 Å². The molecule has 0 fully saturated rings. The maximum atomic E-state index is 11.1. The Morgan fingerprint density at radius 2 is 2.17 bits per heavy atom. The van der Waals surface area contributed by atoms with Crippen molar-refractivity contribution in [1.82, 2.24) is 0 Å². The van der Waals surface area contributed by atoms with Gasteiger partial charge in [-0.25, -0.2) is 4.79 Å². The lowest BCUT2D eigenvalue weighted by atomic mass is 10.1. The number of benzene rings is 1.